The molecule has 10 heteroatoms. The molecule has 4 N–H and O–H groups in total. The van der Waals surface area contributed by atoms with Gasteiger partial charge in [-0.1, -0.05) is 12.1 Å². The molecule has 0 heterocycles. The summed E-state index contributed by atoms with van der Waals surface area (Å²) < 4.78 is 9.31. The number of rotatable bonds is 7. The zero-order chi connectivity index (χ0) is 16.3. The standard InChI is InChI=1S/C11H14NO8P/c13-10(14)6-12(17,7-21(18,19)20)5-8-2-1-3-9(4-8)11(15)16/h1-4H,5-7H2,(H,13,14)(H,15,16)(H2,18,19,20). The third kappa shape index (κ3) is 6.03. The summed E-state index contributed by atoms with van der Waals surface area (Å²) in [6.07, 6.45) is -1.20. The summed E-state index contributed by atoms with van der Waals surface area (Å²) in [7, 11) is -4.73. The molecule has 0 fully saturated rings. The third-order valence-corrected chi connectivity index (χ3v) is 3.39. The van der Waals surface area contributed by atoms with Crippen LogP contribution in [0.3, 0.4) is 0 Å². The van der Waals surface area contributed by atoms with Crippen molar-refractivity contribution in [2.45, 2.75) is 6.54 Å². The van der Waals surface area contributed by atoms with Gasteiger partial charge in [-0.2, -0.15) is 0 Å². The first-order chi connectivity index (χ1) is 9.51. The van der Waals surface area contributed by atoms with Crippen LogP contribution >= 0.6 is 7.60 Å². The van der Waals surface area contributed by atoms with Gasteiger partial charge in [-0.05, 0) is 12.1 Å². The molecular weight excluding hydrogens is 305 g/mol. The molecule has 0 bridgehead atoms. The Hall–Kier alpha value is -1.77. The van der Waals surface area contributed by atoms with Gasteiger partial charge in [-0.25, -0.2) is 9.59 Å². The molecule has 0 amide bonds. The van der Waals surface area contributed by atoms with Crippen LogP contribution in [0.5, 0.6) is 0 Å². The maximum absolute atomic E-state index is 12.3. The van der Waals surface area contributed by atoms with E-state index in [9.17, 15) is 19.4 Å². The summed E-state index contributed by atoms with van der Waals surface area (Å²) in [6, 6.07) is 5.19. The van der Waals surface area contributed by atoms with Crippen molar-refractivity contribution in [3.63, 3.8) is 0 Å². The molecular formula is C11H14NO8P. The monoisotopic (exact) mass is 319 g/mol. The lowest BCUT2D eigenvalue weighted by Crippen LogP contribution is -2.45. The Bertz CT molecular complexity index is 598. The van der Waals surface area contributed by atoms with Crippen LogP contribution in [-0.2, 0) is 15.9 Å². The number of nitrogens with zero attached hydrogens (tertiary/aromatic N) is 1. The average molecular weight is 319 g/mol. The van der Waals surface area contributed by atoms with Gasteiger partial charge in [-0.3, -0.25) is 4.57 Å². The minimum atomic E-state index is -4.73. The zero-order valence-electron chi connectivity index (χ0n) is 10.7. The van der Waals surface area contributed by atoms with Crippen LogP contribution in [-0.4, -0.2) is 49.4 Å². The van der Waals surface area contributed by atoms with Gasteiger partial charge in [0, 0.05) is 5.56 Å². The molecule has 1 unspecified atom stereocenters. The van der Waals surface area contributed by atoms with Crippen LogP contribution in [0.15, 0.2) is 24.3 Å². The van der Waals surface area contributed by atoms with Gasteiger partial charge in [0.15, 0.2) is 12.8 Å². The molecule has 0 saturated heterocycles. The van der Waals surface area contributed by atoms with E-state index >= 15 is 0 Å². The molecule has 21 heavy (non-hydrogen) atoms. The highest BCUT2D eigenvalue weighted by atomic mass is 31.2. The molecule has 0 aromatic heterocycles. The zero-order valence-corrected chi connectivity index (χ0v) is 11.6. The predicted octanol–water partition coefficient (Wildman–Crippen LogP) is 0.419. The minimum absolute atomic E-state index is 0.106. The Morgan fingerprint density at radius 1 is 1.24 bits per heavy atom. The fourth-order valence-corrected chi connectivity index (χ4v) is 2.75. The van der Waals surface area contributed by atoms with Crippen LogP contribution in [0.4, 0.5) is 0 Å². The first-order valence-corrected chi connectivity index (χ1v) is 7.46. The van der Waals surface area contributed by atoms with E-state index in [1.165, 1.54) is 18.2 Å². The fourth-order valence-electron chi connectivity index (χ4n) is 1.87. The van der Waals surface area contributed by atoms with E-state index in [-0.39, 0.29) is 11.1 Å². The maximum Gasteiger partial charge on any atom is 0.379 e. The number of carboxylic acid groups (broad SMARTS) is 2. The Kier molecular flexibility index (Phi) is 5.21. The molecule has 1 aromatic rings. The number of carboxylic acids is 2. The molecule has 1 atom stereocenters. The first kappa shape index (κ1) is 17.3. The van der Waals surface area contributed by atoms with Crippen LogP contribution < -0.4 is 0 Å². The molecule has 0 aliphatic heterocycles. The van der Waals surface area contributed by atoms with Gasteiger partial charge in [0.2, 0.25) is 0 Å². The Balaban J connectivity index is 3.06. The number of aromatic carboxylic acids is 1. The molecule has 1 rings (SSSR count). The van der Waals surface area contributed by atoms with Crippen molar-refractivity contribution in [2.75, 3.05) is 12.8 Å². The second-order valence-electron chi connectivity index (χ2n) is 4.58. The first-order valence-electron chi connectivity index (χ1n) is 5.66. The number of hydrogen-bond donors (Lipinski definition) is 4. The summed E-state index contributed by atoms with van der Waals surface area (Å²) in [5.41, 5.74) is 0.0742. The molecule has 0 aliphatic carbocycles. The van der Waals surface area contributed by atoms with Crippen LogP contribution in [0.2, 0.25) is 0 Å². The number of benzene rings is 1. The van der Waals surface area contributed by atoms with Gasteiger partial charge < -0.3 is 29.9 Å². The number of carbonyl (C=O) groups is 2. The Labute approximate surface area is 119 Å². The van der Waals surface area contributed by atoms with Gasteiger partial charge >= 0.3 is 19.5 Å². The Morgan fingerprint density at radius 2 is 1.86 bits per heavy atom. The largest absolute Gasteiger partial charge is 0.632 e. The SMILES string of the molecule is O=C(O)C[N+]([O-])(Cc1cccc(C(=O)O)c1)CP(=O)(O)O. The Morgan fingerprint density at radius 3 is 2.33 bits per heavy atom. The lowest BCUT2D eigenvalue weighted by molar-refractivity contribution is -0.876. The van der Waals surface area contributed by atoms with E-state index in [0.29, 0.717) is 0 Å². The highest BCUT2D eigenvalue weighted by Crippen LogP contribution is 2.38. The lowest BCUT2D eigenvalue weighted by atomic mass is 10.1. The maximum atomic E-state index is 12.3. The second-order valence-corrected chi connectivity index (χ2v) is 6.19. The molecule has 0 aliphatic rings. The van der Waals surface area contributed by atoms with Gasteiger partial charge in [0.25, 0.3) is 0 Å². The van der Waals surface area contributed by atoms with Crippen molar-refractivity contribution >= 4 is 19.5 Å². The summed E-state index contributed by atoms with van der Waals surface area (Å²) in [6.45, 7) is -1.60. The van der Waals surface area contributed by atoms with E-state index in [1.807, 2.05) is 0 Å². The topological polar surface area (TPSA) is 155 Å². The van der Waals surface area contributed by atoms with Crippen LogP contribution in [0, 0.1) is 5.21 Å². The summed E-state index contributed by atoms with van der Waals surface area (Å²) >= 11 is 0. The molecule has 0 saturated carbocycles. The van der Waals surface area contributed by atoms with Crippen LogP contribution in [0.1, 0.15) is 15.9 Å². The third-order valence-electron chi connectivity index (χ3n) is 2.51. The quantitative estimate of drug-likeness (QED) is 0.320. The van der Waals surface area contributed by atoms with Crippen molar-refractivity contribution in [3.05, 3.63) is 40.6 Å². The van der Waals surface area contributed by atoms with Crippen molar-refractivity contribution in [2.24, 2.45) is 0 Å². The molecule has 116 valence electrons. The average Bonchev–Trinajstić information content (AvgIpc) is 2.24. The molecule has 0 radical (unpaired) electrons. The highest BCUT2D eigenvalue weighted by Gasteiger charge is 2.31. The number of hydrogen-bond acceptors (Lipinski definition) is 4. The fraction of sp³-hybridized carbons (Fsp3) is 0.273. The second kappa shape index (κ2) is 6.33. The van der Waals surface area contributed by atoms with Gasteiger partial charge in [0.1, 0.15) is 6.54 Å². The number of aliphatic carboxylic acids is 1. The van der Waals surface area contributed by atoms with Gasteiger partial charge in [0.05, 0.1) is 5.56 Å². The summed E-state index contributed by atoms with van der Waals surface area (Å²) in [5, 5.41) is 29.8. The van der Waals surface area contributed by atoms with Crippen LogP contribution in [0.25, 0.3) is 0 Å². The molecule has 0 spiro atoms. The summed E-state index contributed by atoms with van der Waals surface area (Å²) in [4.78, 5) is 39.3. The van der Waals surface area contributed by atoms with E-state index < -0.39 is 43.6 Å². The van der Waals surface area contributed by atoms with Gasteiger partial charge in [-0.15, -0.1) is 0 Å². The highest BCUT2D eigenvalue weighted by molar-refractivity contribution is 7.51. The van der Waals surface area contributed by atoms with Crippen molar-refractivity contribution < 1.29 is 38.8 Å². The van der Waals surface area contributed by atoms with E-state index in [4.69, 9.17) is 20.0 Å². The van der Waals surface area contributed by atoms with Crippen molar-refractivity contribution in [1.82, 2.24) is 0 Å². The van der Waals surface area contributed by atoms with E-state index in [2.05, 4.69) is 0 Å². The van der Waals surface area contributed by atoms with Crippen molar-refractivity contribution in [1.29, 1.82) is 0 Å². The molecule has 9 nitrogen and oxygen atoms in total. The lowest BCUT2D eigenvalue weighted by Gasteiger charge is -2.41. The summed E-state index contributed by atoms with van der Waals surface area (Å²) in [5.74, 6) is -2.73. The number of quaternary nitrogens is 1. The minimum Gasteiger partial charge on any atom is -0.632 e. The smallest absolute Gasteiger partial charge is 0.379 e. The molecule has 1 aromatic carbocycles. The normalized spacial score (nSPS) is 14.4. The van der Waals surface area contributed by atoms with E-state index in [0.717, 1.165) is 6.07 Å². The van der Waals surface area contributed by atoms with Crippen molar-refractivity contribution in [3.8, 4) is 0 Å². The number of hydroxylamine groups is 3. The van der Waals surface area contributed by atoms with E-state index in [1.54, 1.807) is 0 Å². The predicted molar refractivity (Wildman–Crippen MR) is 70.1 cm³/mol.